The van der Waals surface area contributed by atoms with Gasteiger partial charge in [0.15, 0.2) is 5.78 Å². The van der Waals surface area contributed by atoms with Crippen molar-refractivity contribution in [3.63, 3.8) is 0 Å². The lowest BCUT2D eigenvalue weighted by atomic mass is 10.1. The van der Waals surface area contributed by atoms with Crippen LogP contribution in [-0.2, 0) is 0 Å². The Hall–Kier alpha value is -2.78. The minimum atomic E-state index is -0.103. The average Bonchev–Trinajstić information content (AvgIpc) is 3.09. The number of hydrogen-bond acceptors (Lipinski definition) is 3. The Morgan fingerprint density at radius 3 is 2.38 bits per heavy atom. The summed E-state index contributed by atoms with van der Waals surface area (Å²) in [5, 5.41) is 0.602. The molecule has 120 valence electrons. The molecule has 1 heterocycles. The Labute approximate surface area is 145 Å². The third-order valence-electron chi connectivity index (χ3n) is 3.53. The van der Waals surface area contributed by atoms with Gasteiger partial charge in [-0.05, 0) is 72.8 Å². The van der Waals surface area contributed by atoms with Crippen molar-refractivity contribution in [3.05, 3.63) is 83.1 Å². The highest BCUT2D eigenvalue weighted by atomic mass is 35.5. The first-order valence-electron chi connectivity index (χ1n) is 7.38. The maximum atomic E-state index is 12.1. The maximum Gasteiger partial charge on any atom is 0.185 e. The summed E-state index contributed by atoms with van der Waals surface area (Å²) >= 11 is 5.82. The van der Waals surface area contributed by atoms with Gasteiger partial charge >= 0.3 is 0 Å². The van der Waals surface area contributed by atoms with E-state index >= 15 is 0 Å². The first-order valence-corrected chi connectivity index (χ1v) is 7.76. The molecule has 0 atom stereocenters. The van der Waals surface area contributed by atoms with E-state index in [2.05, 4.69) is 0 Å². The van der Waals surface area contributed by atoms with Gasteiger partial charge in [-0.3, -0.25) is 4.79 Å². The van der Waals surface area contributed by atoms with Gasteiger partial charge in [-0.2, -0.15) is 0 Å². The van der Waals surface area contributed by atoms with Gasteiger partial charge in [0.2, 0.25) is 0 Å². The molecule has 4 heteroatoms. The number of allylic oxidation sites excluding steroid dienone is 1. The minimum Gasteiger partial charge on any atom is -0.497 e. The van der Waals surface area contributed by atoms with Crippen molar-refractivity contribution in [2.45, 2.75) is 0 Å². The molecule has 0 saturated carbocycles. The number of rotatable bonds is 5. The van der Waals surface area contributed by atoms with E-state index < -0.39 is 0 Å². The normalized spacial score (nSPS) is 10.9. The molecule has 2 aromatic carbocycles. The summed E-state index contributed by atoms with van der Waals surface area (Å²) in [6.07, 6.45) is 3.14. The van der Waals surface area contributed by atoms with Gasteiger partial charge in [0.25, 0.3) is 0 Å². The smallest absolute Gasteiger partial charge is 0.185 e. The largest absolute Gasteiger partial charge is 0.497 e. The number of hydrogen-bond donors (Lipinski definition) is 0. The van der Waals surface area contributed by atoms with Crippen molar-refractivity contribution in [2.75, 3.05) is 7.11 Å². The number of methoxy groups -OCH3 is 1. The molecule has 0 radical (unpaired) electrons. The third-order valence-corrected chi connectivity index (χ3v) is 3.78. The van der Waals surface area contributed by atoms with Crippen LogP contribution in [0.25, 0.3) is 17.4 Å². The number of ether oxygens (including phenoxy) is 1. The van der Waals surface area contributed by atoms with Crippen molar-refractivity contribution in [1.29, 1.82) is 0 Å². The minimum absolute atomic E-state index is 0.103. The van der Waals surface area contributed by atoms with Crippen LogP contribution in [0, 0.1) is 0 Å². The molecule has 24 heavy (non-hydrogen) atoms. The zero-order chi connectivity index (χ0) is 16.9. The molecule has 3 aromatic rings. The highest BCUT2D eigenvalue weighted by Gasteiger charge is 2.05. The van der Waals surface area contributed by atoms with Crippen LogP contribution in [0.1, 0.15) is 16.1 Å². The highest BCUT2D eigenvalue weighted by molar-refractivity contribution is 6.30. The van der Waals surface area contributed by atoms with Crippen molar-refractivity contribution < 1.29 is 13.9 Å². The number of carbonyl (C=O) groups is 1. The van der Waals surface area contributed by atoms with Crippen molar-refractivity contribution in [2.24, 2.45) is 0 Å². The van der Waals surface area contributed by atoms with Crippen molar-refractivity contribution >= 4 is 23.5 Å². The van der Waals surface area contributed by atoms with Gasteiger partial charge in [-0.1, -0.05) is 11.6 Å². The molecular formula is C20H15ClO3. The van der Waals surface area contributed by atoms with Crippen LogP contribution in [0.3, 0.4) is 0 Å². The quantitative estimate of drug-likeness (QED) is 0.455. The van der Waals surface area contributed by atoms with Crippen molar-refractivity contribution in [1.82, 2.24) is 0 Å². The Kier molecular flexibility index (Phi) is 4.82. The molecule has 0 aliphatic rings. The second-order valence-corrected chi connectivity index (χ2v) is 5.57. The summed E-state index contributed by atoms with van der Waals surface area (Å²) in [6, 6.07) is 18.1. The van der Waals surface area contributed by atoms with E-state index in [-0.39, 0.29) is 5.78 Å². The van der Waals surface area contributed by atoms with E-state index in [9.17, 15) is 4.79 Å². The zero-order valence-electron chi connectivity index (χ0n) is 13.0. The molecule has 3 rings (SSSR count). The van der Waals surface area contributed by atoms with E-state index in [0.29, 0.717) is 16.3 Å². The van der Waals surface area contributed by atoms with Gasteiger partial charge in [0.05, 0.1) is 7.11 Å². The Morgan fingerprint density at radius 2 is 1.71 bits per heavy atom. The third kappa shape index (κ3) is 3.76. The molecule has 0 saturated heterocycles. The molecule has 1 aromatic heterocycles. The van der Waals surface area contributed by atoms with Crippen LogP contribution < -0.4 is 4.74 Å². The molecule has 0 spiro atoms. The van der Waals surface area contributed by atoms with Gasteiger partial charge in [-0.15, -0.1) is 0 Å². The van der Waals surface area contributed by atoms with E-state index in [1.54, 1.807) is 37.5 Å². The van der Waals surface area contributed by atoms with E-state index in [1.165, 1.54) is 6.08 Å². The fourth-order valence-electron chi connectivity index (χ4n) is 2.22. The highest BCUT2D eigenvalue weighted by Crippen LogP contribution is 2.25. The van der Waals surface area contributed by atoms with Crippen LogP contribution in [0.2, 0.25) is 5.02 Å². The monoisotopic (exact) mass is 338 g/mol. The molecule has 0 amide bonds. The molecule has 0 N–H and O–H groups in total. The summed E-state index contributed by atoms with van der Waals surface area (Å²) in [5.74, 6) is 2.03. The first kappa shape index (κ1) is 16.1. The van der Waals surface area contributed by atoms with Crippen LogP contribution in [0.15, 0.2) is 71.2 Å². The summed E-state index contributed by atoms with van der Waals surface area (Å²) in [7, 11) is 1.63. The van der Waals surface area contributed by atoms with Crippen LogP contribution in [-0.4, -0.2) is 12.9 Å². The number of halogens is 1. The van der Waals surface area contributed by atoms with E-state index in [0.717, 1.165) is 17.1 Å². The molecule has 3 nitrogen and oxygen atoms in total. The lowest BCUT2D eigenvalue weighted by molar-refractivity contribution is 0.104. The second-order valence-electron chi connectivity index (χ2n) is 5.13. The molecule has 0 bridgehead atoms. The average molecular weight is 339 g/mol. The molecule has 0 aliphatic carbocycles. The molecule has 0 fully saturated rings. The molecular weight excluding hydrogens is 324 g/mol. The van der Waals surface area contributed by atoms with Crippen LogP contribution >= 0.6 is 11.6 Å². The number of carbonyl (C=O) groups excluding carboxylic acids is 1. The van der Waals surface area contributed by atoms with Crippen LogP contribution in [0.4, 0.5) is 0 Å². The predicted octanol–water partition coefficient (Wildman–Crippen LogP) is 5.50. The summed E-state index contributed by atoms with van der Waals surface area (Å²) in [4.78, 5) is 12.1. The molecule has 0 aliphatic heterocycles. The maximum absolute atomic E-state index is 12.1. The van der Waals surface area contributed by atoms with E-state index in [1.807, 2.05) is 36.4 Å². The summed E-state index contributed by atoms with van der Waals surface area (Å²) in [6.45, 7) is 0. The van der Waals surface area contributed by atoms with E-state index in [4.69, 9.17) is 20.8 Å². The van der Waals surface area contributed by atoms with Crippen molar-refractivity contribution in [3.8, 4) is 17.1 Å². The first-order chi connectivity index (χ1) is 11.7. The SMILES string of the molecule is COc1ccc(-c2ccc(/C=C/C(=O)c3ccc(Cl)cc3)o2)cc1. The Balaban J connectivity index is 1.73. The van der Waals surface area contributed by atoms with Gasteiger partial charge < -0.3 is 9.15 Å². The van der Waals surface area contributed by atoms with Crippen LogP contribution in [0.5, 0.6) is 5.75 Å². The predicted molar refractivity (Wildman–Crippen MR) is 95.5 cm³/mol. The topological polar surface area (TPSA) is 39.4 Å². The zero-order valence-corrected chi connectivity index (χ0v) is 13.8. The Bertz CT molecular complexity index is 859. The second kappa shape index (κ2) is 7.20. The van der Waals surface area contributed by atoms with Gasteiger partial charge in [0, 0.05) is 16.1 Å². The lowest BCUT2D eigenvalue weighted by Crippen LogP contribution is -1.92. The standard InChI is InChI=1S/C20H15ClO3/c1-23-17-8-4-15(5-9-17)20-13-11-18(24-20)10-12-19(22)14-2-6-16(21)7-3-14/h2-13H,1H3/b12-10+. The Morgan fingerprint density at radius 1 is 1.00 bits per heavy atom. The lowest BCUT2D eigenvalue weighted by Gasteiger charge is -2.00. The fourth-order valence-corrected chi connectivity index (χ4v) is 2.35. The summed E-state index contributed by atoms with van der Waals surface area (Å²) in [5.41, 5.74) is 1.53. The number of furan rings is 1. The molecule has 0 unspecified atom stereocenters. The summed E-state index contributed by atoms with van der Waals surface area (Å²) < 4.78 is 10.9. The van der Waals surface area contributed by atoms with Gasteiger partial charge in [0.1, 0.15) is 17.3 Å². The fraction of sp³-hybridized carbons (Fsp3) is 0.0500. The number of ketones is 1. The number of benzene rings is 2. The van der Waals surface area contributed by atoms with Gasteiger partial charge in [-0.25, -0.2) is 0 Å².